The van der Waals surface area contributed by atoms with Crippen LogP contribution in [0, 0.1) is 0 Å². The average Bonchev–Trinajstić information content (AvgIpc) is 3.16. The fraction of sp³-hybridized carbons (Fsp3) is 0.474. The molecule has 6 nitrogen and oxygen atoms in total. The van der Waals surface area contributed by atoms with E-state index in [0.717, 1.165) is 31.7 Å². The number of nitrogens with zero attached hydrogens (tertiary/aromatic N) is 3. The molecule has 0 saturated carbocycles. The fourth-order valence-electron chi connectivity index (χ4n) is 3.16. The summed E-state index contributed by atoms with van der Waals surface area (Å²) in [5, 5.41) is 3.33. The van der Waals surface area contributed by atoms with Gasteiger partial charge in [-0.2, -0.15) is 0 Å². The molecule has 134 valence electrons. The number of nitrogens with one attached hydrogen (secondary N) is 1. The van der Waals surface area contributed by atoms with Gasteiger partial charge in [0.1, 0.15) is 11.6 Å². The molecule has 1 amide bonds. The van der Waals surface area contributed by atoms with Gasteiger partial charge < -0.3 is 14.6 Å². The second-order valence-corrected chi connectivity index (χ2v) is 6.66. The molecule has 0 bridgehead atoms. The van der Waals surface area contributed by atoms with Gasteiger partial charge in [0.2, 0.25) is 0 Å². The van der Waals surface area contributed by atoms with E-state index in [1.165, 1.54) is 6.42 Å². The minimum Gasteiger partial charge on any atom is -0.468 e. The number of pyridine rings is 1. The molecule has 0 aliphatic carbocycles. The molecule has 6 heteroatoms. The number of anilines is 1. The Labute approximate surface area is 148 Å². The Bertz CT molecular complexity index is 678. The number of aromatic nitrogens is 1. The van der Waals surface area contributed by atoms with Crippen molar-refractivity contribution in [1.29, 1.82) is 0 Å². The number of furan rings is 1. The lowest BCUT2D eigenvalue weighted by molar-refractivity contribution is 0.0724. The molecule has 0 spiro atoms. The Hall–Kier alpha value is -2.34. The first-order valence-corrected chi connectivity index (χ1v) is 8.84. The predicted molar refractivity (Wildman–Crippen MR) is 97.6 cm³/mol. The average molecular weight is 342 g/mol. The Morgan fingerprint density at radius 2 is 2.12 bits per heavy atom. The lowest BCUT2D eigenvalue weighted by Gasteiger charge is -2.27. The van der Waals surface area contributed by atoms with E-state index < -0.39 is 0 Å². The van der Waals surface area contributed by atoms with Gasteiger partial charge in [0.15, 0.2) is 0 Å². The molecule has 0 aromatic carbocycles. The maximum atomic E-state index is 12.6. The molecule has 2 aromatic rings. The van der Waals surface area contributed by atoms with Crippen molar-refractivity contribution in [3.05, 3.63) is 48.0 Å². The number of carbonyl (C=O) groups is 1. The summed E-state index contributed by atoms with van der Waals surface area (Å²) in [6, 6.07) is 7.58. The highest BCUT2D eigenvalue weighted by Gasteiger charge is 2.20. The number of carbonyl (C=O) groups excluding carboxylic acids is 1. The van der Waals surface area contributed by atoms with Gasteiger partial charge in [0.25, 0.3) is 5.91 Å². The summed E-state index contributed by atoms with van der Waals surface area (Å²) in [5.41, 5.74) is 0.693. The first-order valence-electron chi connectivity index (χ1n) is 8.84. The van der Waals surface area contributed by atoms with E-state index in [4.69, 9.17) is 4.42 Å². The SMILES string of the molecule is CN(C)C(CNc1cc(C(=O)N2CCCCC2)ccn1)c1ccco1. The number of likely N-dealkylation sites (tertiary alicyclic amines) is 1. The summed E-state index contributed by atoms with van der Waals surface area (Å²) in [6.07, 6.45) is 6.77. The van der Waals surface area contributed by atoms with Crippen LogP contribution in [0.5, 0.6) is 0 Å². The zero-order chi connectivity index (χ0) is 17.6. The Balaban J connectivity index is 1.66. The van der Waals surface area contributed by atoms with Crippen LogP contribution in [0.4, 0.5) is 5.82 Å². The number of hydrogen-bond acceptors (Lipinski definition) is 5. The molecule has 1 saturated heterocycles. The van der Waals surface area contributed by atoms with Gasteiger partial charge in [-0.3, -0.25) is 9.69 Å². The van der Waals surface area contributed by atoms with Crippen molar-refractivity contribution in [2.75, 3.05) is 39.0 Å². The van der Waals surface area contributed by atoms with Gasteiger partial charge in [-0.05, 0) is 57.6 Å². The molecule has 1 fully saturated rings. The van der Waals surface area contributed by atoms with Crippen molar-refractivity contribution < 1.29 is 9.21 Å². The molecule has 1 unspecified atom stereocenters. The third-order valence-electron chi connectivity index (χ3n) is 4.62. The first kappa shape index (κ1) is 17.5. The third-order valence-corrected chi connectivity index (χ3v) is 4.62. The van der Waals surface area contributed by atoms with Crippen molar-refractivity contribution in [2.45, 2.75) is 25.3 Å². The topological polar surface area (TPSA) is 61.6 Å². The summed E-state index contributed by atoms with van der Waals surface area (Å²) in [7, 11) is 4.02. The van der Waals surface area contributed by atoms with Crippen LogP contribution < -0.4 is 5.32 Å². The number of amides is 1. The van der Waals surface area contributed by atoms with Crippen LogP contribution >= 0.6 is 0 Å². The molecule has 1 N–H and O–H groups in total. The van der Waals surface area contributed by atoms with Crippen molar-refractivity contribution in [1.82, 2.24) is 14.8 Å². The van der Waals surface area contributed by atoms with Crippen LogP contribution in [-0.4, -0.2) is 54.4 Å². The summed E-state index contributed by atoms with van der Waals surface area (Å²) < 4.78 is 5.52. The van der Waals surface area contributed by atoms with E-state index in [0.29, 0.717) is 17.9 Å². The molecule has 3 heterocycles. The summed E-state index contributed by atoms with van der Waals surface area (Å²) in [6.45, 7) is 2.35. The number of rotatable bonds is 6. The van der Waals surface area contributed by atoms with E-state index >= 15 is 0 Å². The van der Waals surface area contributed by atoms with Crippen molar-refractivity contribution in [3.63, 3.8) is 0 Å². The van der Waals surface area contributed by atoms with E-state index in [9.17, 15) is 4.79 Å². The first-order chi connectivity index (χ1) is 12.1. The van der Waals surface area contributed by atoms with E-state index in [1.807, 2.05) is 37.2 Å². The van der Waals surface area contributed by atoms with Crippen molar-refractivity contribution in [2.24, 2.45) is 0 Å². The summed E-state index contributed by atoms with van der Waals surface area (Å²) >= 11 is 0. The number of likely N-dealkylation sites (N-methyl/N-ethyl adjacent to an activating group) is 1. The highest BCUT2D eigenvalue weighted by molar-refractivity contribution is 5.94. The highest BCUT2D eigenvalue weighted by Crippen LogP contribution is 2.20. The number of piperidine rings is 1. The smallest absolute Gasteiger partial charge is 0.254 e. The fourth-order valence-corrected chi connectivity index (χ4v) is 3.16. The molecule has 25 heavy (non-hydrogen) atoms. The molecular weight excluding hydrogens is 316 g/mol. The van der Waals surface area contributed by atoms with Crippen molar-refractivity contribution >= 4 is 11.7 Å². The third kappa shape index (κ3) is 4.39. The maximum absolute atomic E-state index is 12.6. The molecule has 3 rings (SSSR count). The largest absolute Gasteiger partial charge is 0.468 e. The van der Waals surface area contributed by atoms with Crippen LogP contribution in [0.1, 0.15) is 41.4 Å². The molecular formula is C19H26N4O2. The van der Waals surface area contributed by atoms with Gasteiger partial charge in [-0.1, -0.05) is 0 Å². The lowest BCUT2D eigenvalue weighted by atomic mass is 10.1. The predicted octanol–water partition coefficient (Wildman–Crippen LogP) is 3.02. The second-order valence-electron chi connectivity index (χ2n) is 6.66. The zero-order valence-electron chi connectivity index (χ0n) is 14.9. The van der Waals surface area contributed by atoms with Gasteiger partial charge in [-0.15, -0.1) is 0 Å². The van der Waals surface area contributed by atoms with Crippen LogP contribution in [0.3, 0.4) is 0 Å². The second kappa shape index (κ2) is 8.16. The monoisotopic (exact) mass is 342 g/mol. The zero-order valence-corrected chi connectivity index (χ0v) is 14.9. The standard InChI is InChI=1S/C19H26N4O2/c1-22(2)16(17-7-6-12-25-17)14-21-18-13-15(8-9-20-18)19(24)23-10-4-3-5-11-23/h6-9,12-13,16H,3-5,10-11,14H2,1-2H3,(H,20,21). The van der Waals surface area contributed by atoms with Crippen LogP contribution in [0.15, 0.2) is 41.1 Å². The molecule has 2 aromatic heterocycles. The molecule has 1 atom stereocenters. The Morgan fingerprint density at radius 3 is 2.80 bits per heavy atom. The quantitative estimate of drug-likeness (QED) is 0.874. The van der Waals surface area contributed by atoms with E-state index in [2.05, 4.69) is 15.2 Å². The van der Waals surface area contributed by atoms with Crippen LogP contribution in [0.2, 0.25) is 0 Å². The Morgan fingerprint density at radius 1 is 1.32 bits per heavy atom. The molecule has 0 radical (unpaired) electrons. The minimum absolute atomic E-state index is 0.0956. The van der Waals surface area contributed by atoms with Gasteiger partial charge in [0.05, 0.1) is 12.3 Å². The lowest BCUT2D eigenvalue weighted by Crippen LogP contribution is -2.35. The highest BCUT2D eigenvalue weighted by atomic mass is 16.3. The normalized spacial score (nSPS) is 16.0. The minimum atomic E-state index is 0.0956. The van der Waals surface area contributed by atoms with Crippen molar-refractivity contribution in [3.8, 4) is 0 Å². The van der Waals surface area contributed by atoms with E-state index in [1.54, 1.807) is 18.5 Å². The molecule has 1 aliphatic heterocycles. The number of hydrogen-bond donors (Lipinski definition) is 1. The van der Waals surface area contributed by atoms with Crippen LogP contribution in [-0.2, 0) is 0 Å². The van der Waals surface area contributed by atoms with Gasteiger partial charge in [-0.25, -0.2) is 4.98 Å². The van der Waals surface area contributed by atoms with Crippen LogP contribution in [0.25, 0.3) is 0 Å². The van der Waals surface area contributed by atoms with E-state index in [-0.39, 0.29) is 11.9 Å². The van der Waals surface area contributed by atoms with Gasteiger partial charge >= 0.3 is 0 Å². The summed E-state index contributed by atoms with van der Waals surface area (Å²) in [5.74, 6) is 1.71. The van der Waals surface area contributed by atoms with Gasteiger partial charge in [0, 0.05) is 31.4 Å². The molecule has 1 aliphatic rings. The Kier molecular flexibility index (Phi) is 5.71. The maximum Gasteiger partial charge on any atom is 0.254 e. The summed E-state index contributed by atoms with van der Waals surface area (Å²) in [4.78, 5) is 21.0.